The lowest BCUT2D eigenvalue weighted by molar-refractivity contribution is -0.171. The standard InChI is InChI=1S/C8H16O3/c1-2-3-8(4-5-9)10-6-7-11-8/h9H,2-7H2,1H3. The predicted molar refractivity (Wildman–Crippen MR) is 41.2 cm³/mol. The summed E-state index contributed by atoms with van der Waals surface area (Å²) in [7, 11) is 0. The molecular weight excluding hydrogens is 144 g/mol. The van der Waals surface area contributed by atoms with E-state index in [0.29, 0.717) is 19.6 Å². The molecule has 0 bridgehead atoms. The Kier molecular flexibility index (Phi) is 3.30. The predicted octanol–water partition coefficient (Wildman–Crippen LogP) is 0.912. The van der Waals surface area contributed by atoms with E-state index < -0.39 is 5.79 Å². The molecule has 1 aliphatic rings. The van der Waals surface area contributed by atoms with Crippen LogP contribution in [-0.2, 0) is 9.47 Å². The van der Waals surface area contributed by atoms with Gasteiger partial charge in [0.2, 0.25) is 0 Å². The van der Waals surface area contributed by atoms with Crippen molar-refractivity contribution in [3.8, 4) is 0 Å². The molecule has 0 spiro atoms. The van der Waals surface area contributed by atoms with Crippen molar-refractivity contribution in [1.82, 2.24) is 0 Å². The molecule has 0 aromatic rings. The van der Waals surface area contributed by atoms with Crippen LogP contribution in [0, 0.1) is 0 Å². The van der Waals surface area contributed by atoms with Gasteiger partial charge in [-0.25, -0.2) is 0 Å². The van der Waals surface area contributed by atoms with E-state index in [1.807, 2.05) is 0 Å². The Bertz CT molecular complexity index is 99.9. The van der Waals surface area contributed by atoms with Crippen LogP contribution in [0.1, 0.15) is 26.2 Å². The van der Waals surface area contributed by atoms with E-state index in [9.17, 15) is 0 Å². The first-order valence-corrected chi connectivity index (χ1v) is 4.22. The van der Waals surface area contributed by atoms with Crippen molar-refractivity contribution in [2.45, 2.75) is 32.0 Å². The summed E-state index contributed by atoms with van der Waals surface area (Å²) in [5.74, 6) is -0.455. The molecule has 1 heterocycles. The van der Waals surface area contributed by atoms with Gasteiger partial charge in [0.25, 0.3) is 0 Å². The van der Waals surface area contributed by atoms with Gasteiger partial charge in [0.1, 0.15) is 0 Å². The lowest BCUT2D eigenvalue weighted by atomic mass is 10.1. The molecule has 0 amide bonds. The van der Waals surface area contributed by atoms with E-state index in [2.05, 4.69) is 6.92 Å². The number of rotatable bonds is 4. The molecule has 1 saturated heterocycles. The van der Waals surface area contributed by atoms with E-state index in [4.69, 9.17) is 14.6 Å². The fourth-order valence-electron chi connectivity index (χ4n) is 1.46. The third kappa shape index (κ3) is 2.15. The second kappa shape index (κ2) is 4.04. The highest BCUT2D eigenvalue weighted by Gasteiger charge is 2.34. The topological polar surface area (TPSA) is 38.7 Å². The maximum absolute atomic E-state index is 8.76. The maximum atomic E-state index is 8.76. The van der Waals surface area contributed by atoms with E-state index in [0.717, 1.165) is 12.8 Å². The summed E-state index contributed by atoms with van der Waals surface area (Å²) in [6.45, 7) is 3.56. The highest BCUT2D eigenvalue weighted by atomic mass is 16.7. The Morgan fingerprint density at radius 2 is 1.91 bits per heavy atom. The van der Waals surface area contributed by atoms with Gasteiger partial charge in [-0.1, -0.05) is 13.3 Å². The zero-order valence-corrected chi connectivity index (χ0v) is 7.01. The lowest BCUT2D eigenvalue weighted by Gasteiger charge is -2.25. The monoisotopic (exact) mass is 160 g/mol. The second-order valence-corrected chi connectivity index (χ2v) is 2.83. The van der Waals surface area contributed by atoms with Crippen LogP contribution in [0.4, 0.5) is 0 Å². The van der Waals surface area contributed by atoms with Crippen molar-refractivity contribution < 1.29 is 14.6 Å². The number of ether oxygens (including phenoxy) is 2. The van der Waals surface area contributed by atoms with Gasteiger partial charge in [-0.05, 0) is 0 Å². The molecule has 0 aliphatic carbocycles. The maximum Gasteiger partial charge on any atom is 0.170 e. The van der Waals surface area contributed by atoms with Gasteiger partial charge in [0, 0.05) is 19.4 Å². The molecule has 1 aliphatic heterocycles. The van der Waals surface area contributed by atoms with Crippen LogP contribution >= 0.6 is 0 Å². The first-order chi connectivity index (χ1) is 5.33. The molecule has 0 aromatic heterocycles. The van der Waals surface area contributed by atoms with Gasteiger partial charge < -0.3 is 14.6 Å². The van der Waals surface area contributed by atoms with E-state index in [1.165, 1.54) is 0 Å². The largest absolute Gasteiger partial charge is 0.396 e. The van der Waals surface area contributed by atoms with Crippen LogP contribution in [-0.4, -0.2) is 30.7 Å². The minimum absolute atomic E-state index is 0.139. The molecule has 1 fully saturated rings. The molecule has 1 N–H and O–H groups in total. The normalized spacial score (nSPS) is 22.4. The van der Waals surface area contributed by atoms with Gasteiger partial charge in [-0.2, -0.15) is 0 Å². The Morgan fingerprint density at radius 1 is 1.27 bits per heavy atom. The van der Waals surface area contributed by atoms with Gasteiger partial charge in [-0.15, -0.1) is 0 Å². The number of hydrogen-bond donors (Lipinski definition) is 1. The highest BCUT2D eigenvalue weighted by Crippen LogP contribution is 2.27. The van der Waals surface area contributed by atoms with Crippen molar-refractivity contribution in [2.75, 3.05) is 19.8 Å². The van der Waals surface area contributed by atoms with E-state index >= 15 is 0 Å². The van der Waals surface area contributed by atoms with Crippen LogP contribution in [0.5, 0.6) is 0 Å². The van der Waals surface area contributed by atoms with Crippen molar-refractivity contribution >= 4 is 0 Å². The molecule has 0 aromatic carbocycles. The Hall–Kier alpha value is -0.120. The molecular formula is C8H16O3. The fraction of sp³-hybridized carbons (Fsp3) is 1.00. The first-order valence-electron chi connectivity index (χ1n) is 4.22. The van der Waals surface area contributed by atoms with Gasteiger partial charge in [-0.3, -0.25) is 0 Å². The van der Waals surface area contributed by atoms with Crippen molar-refractivity contribution in [1.29, 1.82) is 0 Å². The van der Waals surface area contributed by atoms with Gasteiger partial charge >= 0.3 is 0 Å². The zero-order valence-electron chi connectivity index (χ0n) is 7.01. The van der Waals surface area contributed by atoms with Crippen LogP contribution in [0.3, 0.4) is 0 Å². The molecule has 66 valence electrons. The summed E-state index contributed by atoms with van der Waals surface area (Å²) >= 11 is 0. The van der Waals surface area contributed by atoms with Crippen LogP contribution in [0.15, 0.2) is 0 Å². The SMILES string of the molecule is CCCC1(CCO)OCCO1. The molecule has 3 nitrogen and oxygen atoms in total. The van der Waals surface area contributed by atoms with Crippen molar-refractivity contribution in [3.63, 3.8) is 0 Å². The average Bonchev–Trinajstić information content (AvgIpc) is 2.39. The Labute approximate surface area is 67.3 Å². The number of aliphatic hydroxyl groups is 1. The van der Waals surface area contributed by atoms with Crippen molar-refractivity contribution in [3.05, 3.63) is 0 Å². The minimum atomic E-state index is -0.455. The molecule has 11 heavy (non-hydrogen) atoms. The molecule has 0 unspecified atom stereocenters. The summed E-state index contributed by atoms with van der Waals surface area (Å²) in [6.07, 6.45) is 2.51. The fourth-order valence-corrected chi connectivity index (χ4v) is 1.46. The third-order valence-corrected chi connectivity index (χ3v) is 1.94. The third-order valence-electron chi connectivity index (χ3n) is 1.94. The van der Waals surface area contributed by atoms with Crippen LogP contribution in [0.25, 0.3) is 0 Å². The summed E-state index contributed by atoms with van der Waals surface area (Å²) < 4.78 is 10.9. The number of hydrogen-bond acceptors (Lipinski definition) is 3. The average molecular weight is 160 g/mol. The molecule has 0 saturated carbocycles. The molecule has 1 rings (SSSR count). The summed E-state index contributed by atoms with van der Waals surface area (Å²) in [4.78, 5) is 0. The minimum Gasteiger partial charge on any atom is -0.396 e. The van der Waals surface area contributed by atoms with Crippen LogP contribution in [0.2, 0.25) is 0 Å². The first kappa shape index (κ1) is 8.97. The Morgan fingerprint density at radius 3 is 2.36 bits per heavy atom. The lowest BCUT2D eigenvalue weighted by Crippen LogP contribution is -2.30. The molecule has 3 heteroatoms. The molecule has 0 radical (unpaired) electrons. The molecule has 0 atom stereocenters. The highest BCUT2D eigenvalue weighted by molar-refractivity contribution is 4.72. The summed E-state index contributed by atoms with van der Waals surface area (Å²) in [5, 5.41) is 8.76. The summed E-state index contributed by atoms with van der Waals surface area (Å²) in [5.41, 5.74) is 0. The summed E-state index contributed by atoms with van der Waals surface area (Å²) in [6, 6.07) is 0. The van der Waals surface area contributed by atoms with Crippen LogP contribution < -0.4 is 0 Å². The smallest absolute Gasteiger partial charge is 0.170 e. The van der Waals surface area contributed by atoms with E-state index in [-0.39, 0.29) is 6.61 Å². The van der Waals surface area contributed by atoms with Gasteiger partial charge in [0.05, 0.1) is 13.2 Å². The van der Waals surface area contributed by atoms with Gasteiger partial charge in [0.15, 0.2) is 5.79 Å². The quantitative estimate of drug-likeness (QED) is 0.664. The van der Waals surface area contributed by atoms with Crippen molar-refractivity contribution in [2.24, 2.45) is 0 Å². The Balaban J connectivity index is 2.40. The zero-order chi connectivity index (χ0) is 8.16. The second-order valence-electron chi connectivity index (χ2n) is 2.83. The van der Waals surface area contributed by atoms with E-state index in [1.54, 1.807) is 0 Å². The number of aliphatic hydroxyl groups excluding tert-OH is 1.